The van der Waals surface area contributed by atoms with Crippen molar-refractivity contribution in [3.63, 3.8) is 0 Å². The molecule has 0 unspecified atom stereocenters. The number of aromatic amines is 1. The Kier molecular flexibility index (Phi) is 4.53. The van der Waals surface area contributed by atoms with Crippen molar-refractivity contribution in [2.75, 3.05) is 11.9 Å². The number of carbonyl (C=O) groups excluding carboxylic acids is 2. The topological polar surface area (TPSA) is 145 Å². The molecule has 1 aromatic carbocycles. The predicted octanol–water partition coefficient (Wildman–Crippen LogP) is 1.02. The maximum absolute atomic E-state index is 12.7. The van der Waals surface area contributed by atoms with E-state index in [0.29, 0.717) is 23.6 Å². The highest BCUT2D eigenvalue weighted by molar-refractivity contribution is 7.80. The van der Waals surface area contributed by atoms with Gasteiger partial charge in [-0.3, -0.25) is 14.4 Å². The van der Waals surface area contributed by atoms with E-state index in [2.05, 4.69) is 19.8 Å². The second-order valence-electron chi connectivity index (χ2n) is 6.55. The lowest BCUT2D eigenvalue weighted by molar-refractivity contribution is -0.120. The van der Waals surface area contributed by atoms with Crippen LogP contribution in [0.1, 0.15) is 12.8 Å². The smallest absolute Gasteiger partial charge is 0.324 e. The Labute approximate surface area is 160 Å². The third-order valence-corrected chi connectivity index (χ3v) is 5.09. The first-order valence-corrected chi connectivity index (χ1v) is 9.86. The van der Waals surface area contributed by atoms with Gasteiger partial charge in [0.2, 0.25) is 5.91 Å². The number of piperidine rings is 1. The number of hydroxylamine groups is 2. The Morgan fingerprint density at radius 1 is 1.32 bits per heavy atom. The van der Waals surface area contributed by atoms with Crippen LogP contribution < -0.4 is 5.32 Å². The zero-order valence-corrected chi connectivity index (χ0v) is 15.3. The zero-order valence-electron chi connectivity index (χ0n) is 14.5. The molecule has 0 spiro atoms. The third kappa shape index (κ3) is 3.56. The number of nitrogens with zero attached hydrogens (tertiary/aromatic N) is 3. The van der Waals surface area contributed by atoms with E-state index >= 15 is 0 Å². The largest absolute Gasteiger partial charge is 0.418 e. The molecule has 0 radical (unpaired) electrons. The Bertz CT molecular complexity index is 1010. The van der Waals surface area contributed by atoms with Gasteiger partial charge in [0.15, 0.2) is 0 Å². The minimum Gasteiger partial charge on any atom is -0.324 e. The quantitative estimate of drug-likeness (QED) is 0.627. The first-order chi connectivity index (χ1) is 13.3. The minimum atomic E-state index is -4.82. The van der Waals surface area contributed by atoms with Crippen LogP contribution in [-0.4, -0.2) is 63.7 Å². The lowest BCUT2D eigenvalue weighted by atomic mass is 10.00. The van der Waals surface area contributed by atoms with E-state index in [1.807, 2.05) is 6.07 Å². The van der Waals surface area contributed by atoms with Gasteiger partial charge in [0, 0.05) is 24.0 Å². The van der Waals surface area contributed by atoms with Gasteiger partial charge >= 0.3 is 16.4 Å². The first-order valence-electron chi connectivity index (χ1n) is 8.49. The van der Waals surface area contributed by atoms with E-state index < -0.39 is 28.5 Å². The van der Waals surface area contributed by atoms with Crippen molar-refractivity contribution in [3.8, 4) is 11.3 Å². The van der Waals surface area contributed by atoms with Gasteiger partial charge in [0.25, 0.3) is 0 Å². The SMILES string of the molecule is O=C(Nc1cccc(-c2ccn[nH]2)c1)[C@@H]1CC[C@@H]2CN1C(=O)N2OS(=O)(=O)O. The molecule has 2 bridgehead atoms. The van der Waals surface area contributed by atoms with Gasteiger partial charge in [-0.2, -0.15) is 18.6 Å². The highest BCUT2D eigenvalue weighted by Crippen LogP contribution is 2.31. The van der Waals surface area contributed by atoms with Crippen molar-refractivity contribution < 1.29 is 26.8 Å². The van der Waals surface area contributed by atoms with E-state index in [4.69, 9.17) is 4.55 Å². The molecule has 0 saturated carbocycles. The van der Waals surface area contributed by atoms with Crippen LogP contribution in [0, 0.1) is 0 Å². The fraction of sp³-hybridized carbons (Fsp3) is 0.312. The molecule has 2 fully saturated rings. The molecule has 148 valence electrons. The molecule has 2 aliphatic rings. The fourth-order valence-electron chi connectivity index (χ4n) is 3.51. The highest BCUT2D eigenvalue weighted by atomic mass is 32.3. The van der Waals surface area contributed by atoms with E-state index in [-0.39, 0.29) is 12.5 Å². The molecule has 0 aliphatic carbocycles. The second kappa shape index (κ2) is 6.89. The average Bonchev–Trinajstić information content (AvgIpc) is 3.25. The molecule has 3 N–H and O–H groups in total. The summed E-state index contributed by atoms with van der Waals surface area (Å²) in [6.07, 6.45) is 2.33. The number of fused-ring (bicyclic) bond motifs is 2. The summed E-state index contributed by atoms with van der Waals surface area (Å²) >= 11 is 0. The number of hydrogen-bond acceptors (Lipinski definition) is 6. The number of benzene rings is 1. The van der Waals surface area contributed by atoms with E-state index in [9.17, 15) is 18.0 Å². The Hall–Kier alpha value is -2.96. The third-order valence-electron chi connectivity index (χ3n) is 4.74. The van der Waals surface area contributed by atoms with Crippen LogP contribution in [0.3, 0.4) is 0 Å². The van der Waals surface area contributed by atoms with Crippen molar-refractivity contribution in [1.82, 2.24) is 20.2 Å². The number of urea groups is 1. The van der Waals surface area contributed by atoms with Crippen molar-refractivity contribution >= 4 is 28.0 Å². The normalized spacial score (nSPS) is 21.8. The molecule has 2 aliphatic heterocycles. The van der Waals surface area contributed by atoms with Gasteiger partial charge in [-0.15, -0.1) is 4.28 Å². The summed E-state index contributed by atoms with van der Waals surface area (Å²) in [5.74, 6) is -0.387. The summed E-state index contributed by atoms with van der Waals surface area (Å²) in [4.78, 5) is 26.4. The minimum absolute atomic E-state index is 0.140. The van der Waals surface area contributed by atoms with Crippen LogP contribution in [-0.2, 0) is 19.5 Å². The van der Waals surface area contributed by atoms with Crippen LogP contribution >= 0.6 is 0 Å². The molecule has 2 aromatic rings. The lowest BCUT2D eigenvalue weighted by Crippen LogP contribution is -2.47. The summed E-state index contributed by atoms with van der Waals surface area (Å²) in [5, 5.41) is 10.1. The molecule has 1 aromatic heterocycles. The van der Waals surface area contributed by atoms with Crippen molar-refractivity contribution in [3.05, 3.63) is 36.5 Å². The molecule has 12 heteroatoms. The number of anilines is 1. The van der Waals surface area contributed by atoms with Gasteiger partial charge < -0.3 is 10.2 Å². The van der Waals surface area contributed by atoms with Gasteiger partial charge in [-0.25, -0.2) is 4.79 Å². The molecule has 28 heavy (non-hydrogen) atoms. The second-order valence-corrected chi connectivity index (χ2v) is 7.55. The van der Waals surface area contributed by atoms with Crippen LogP contribution in [0.2, 0.25) is 0 Å². The summed E-state index contributed by atoms with van der Waals surface area (Å²) in [6.45, 7) is 0.140. The Morgan fingerprint density at radius 3 is 2.86 bits per heavy atom. The van der Waals surface area contributed by atoms with Crippen molar-refractivity contribution in [2.45, 2.75) is 24.9 Å². The molecule has 3 amide bonds. The fourth-order valence-corrected chi connectivity index (χ4v) is 3.90. The van der Waals surface area contributed by atoms with Gasteiger partial charge in [-0.1, -0.05) is 12.1 Å². The van der Waals surface area contributed by atoms with Gasteiger partial charge in [0.05, 0.1) is 11.7 Å². The highest BCUT2D eigenvalue weighted by Gasteiger charge is 2.49. The summed E-state index contributed by atoms with van der Waals surface area (Å²) < 4.78 is 35.1. The number of H-pyrrole nitrogens is 1. The maximum Gasteiger partial charge on any atom is 0.418 e. The predicted molar refractivity (Wildman–Crippen MR) is 96.0 cm³/mol. The van der Waals surface area contributed by atoms with Crippen LogP contribution in [0.15, 0.2) is 36.5 Å². The van der Waals surface area contributed by atoms with E-state index in [0.717, 1.165) is 11.3 Å². The summed E-state index contributed by atoms with van der Waals surface area (Å²) in [7, 11) is -4.82. The molecule has 11 nitrogen and oxygen atoms in total. The average molecular weight is 407 g/mol. The van der Waals surface area contributed by atoms with E-state index in [1.165, 1.54) is 4.90 Å². The number of rotatable bonds is 5. The van der Waals surface area contributed by atoms with Crippen LogP contribution in [0.25, 0.3) is 11.3 Å². The Morgan fingerprint density at radius 2 is 2.14 bits per heavy atom. The maximum atomic E-state index is 12.7. The van der Waals surface area contributed by atoms with Crippen molar-refractivity contribution in [2.24, 2.45) is 0 Å². The molecular weight excluding hydrogens is 390 g/mol. The monoisotopic (exact) mass is 407 g/mol. The Balaban J connectivity index is 1.48. The zero-order chi connectivity index (χ0) is 19.9. The number of hydrogen-bond donors (Lipinski definition) is 3. The molecule has 2 saturated heterocycles. The van der Waals surface area contributed by atoms with Gasteiger partial charge in [-0.05, 0) is 31.0 Å². The van der Waals surface area contributed by atoms with Crippen LogP contribution in [0.5, 0.6) is 0 Å². The summed E-state index contributed by atoms with van der Waals surface area (Å²) in [5.41, 5.74) is 2.19. The van der Waals surface area contributed by atoms with Crippen molar-refractivity contribution in [1.29, 1.82) is 0 Å². The number of nitrogens with one attached hydrogen (secondary N) is 2. The molecule has 3 heterocycles. The van der Waals surface area contributed by atoms with E-state index in [1.54, 1.807) is 30.5 Å². The lowest BCUT2D eigenvalue weighted by Gasteiger charge is -2.29. The standard InChI is InChI=1S/C16H17N5O6S/c22-15(18-11-3-1-2-10(8-11)13-6-7-17-19-13)14-5-4-12-9-20(14)16(23)21(12)27-28(24,25)26/h1-3,6-8,12,14H,4-5,9H2,(H,17,19)(H,18,22)(H,24,25,26)/t12-,14+/m1/s1. The molecular formula is C16H17N5O6S. The number of aromatic nitrogens is 2. The first kappa shape index (κ1) is 18.4. The molecule has 2 atom stereocenters. The van der Waals surface area contributed by atoms with Gasteiger partial charge in [0.1, 0.15) is 6.04 Å². The number of carbonyl (C=O) groups is 2. The van der Waals surface area contributed by atoms with Crippen LogP contribution in [0.4, 0.5) is 10.5 Å². The summed E-state index contributed by atoms with van der Waals surface area (Å²) in [6, 6.07) is 6.87. The molecule has 4 rings (SSSR count). The number of amides is 3.